The van der Waals surface area contributed by atoms with Crippen LogP contribution in [0.25, 0.3) is 0 Å². The van der Waals surface area contributed by atoms with Gasteiger partial charge in [0.25, 0.3) is 0 Å². The van der Waals surface area contributed by atoms with Gasteiger partial charge in [0.05, 0.1) is 19.3 Å². The van der Waals surface area contributed by atoms with Gasteiger partial charge in [0.15, 0.2) is 0 Å². The smallest absolute Gasteiger partial charge is 0.411 e. The van der Waals surface area contributed by atoms with Crippen molar-refractivity contribution in [3.8, 4) is 0 Å². The minimum atomic E-state index is -0.564. The Morgan fingerprint density at radius 1 is 1.05 bits per heavy atom. The fraction of sp³-hybridized carbons (Fsp3) is 0.429. The summed E-state index contributed by atoms with van der Waals surface area (Å²) >= 11 is 0. The van der Waals surface area contributed by atoms with Crippen molar-refractivity contribution in [1.29, 1.82) is 0 Å². The molecule has 0 unspecified atom stereocenters. The van der Waals surface area contributed by atoms with E-state index in [9.17, 15) is 9.59 Å². The molecule has 1 N–H and O–H groups in total. The van der Waals surface area contributed by atoms with E-state index in [2.05, 4.69) is 10.1 Å². The van der Waals surface area contributed by atoms with E-state index in [-0.39, 0.29) is 21.5 Å². The normalized spacial score (nSPS) is 8.70. The molecule has 0 atom stereocenters. The summed E-state index contributed by atoms with van der Waals surface area (Å²) in [5, 5.41) is 2.48. The van der Waals surface area contributed by atoms with Gasteiger partial charge in [-0.05, 0) is 24.3 Å². The Hall–Kier alpha value is -2.08. The number of esters is 1. The van der Waals surface area contributed by atoms with E-state index in [4.69, 9.17) is 9.47 Å². The van der Waals surface area contributed by atoms with Crippen molar-refractivity contribution in [1.82, 2.24) is 0 Å². The standard InChI is InChI=1S/C12H15NO5.2CH4/c1-16-7-8-18-11(14)9-3-5-10(6-4-9)13-12(15)17-2;;/h3-6H,7-8H2,1-2H3,(H,13,15);2*1H4. The third-order valence-electron chi connectivity index (χ3n) is 2.07. The Labute approximate surface area is 120 Å². The molecule has 0 aliphatic heterocycles. The molecule has 0 saturated carbocycles. The van der Waals surface area contributed by atoms with E-state index >= 15 is 0 Å². The van der Waals surface area contributed by atoms with E-state index in [0.717, 1.165) is 0 Å². The number of rotatable bonds is 5. The molecule has 0 fully saturated rings. The Kier molecular flexibility index (Phi) is 10.9. The van der Waals surface area contributed by atoms with Crippen LogP contribution in [0.1, 0.15) is 25.2 Å². The summed E-state index contributed by atoms with van der Waals surface area (Å²) < 4.78 is 14.1. The second-order valence-corrected chi connectivity index (χ2v) is 3.32. The molecule has 0 radical (unpaired) electrons. The maximum absolute atomic E-state index is 11.5. The van der Waals surface area contributed by atoms with Gasteiger partial charge in [-0.1, -0.05) is 14.9 Å². The summed E-state index contributed by atoms with van der Waals surface area (Å²) in [5.41, 5.74) is 0.941. The zero-order valence-corrected chi connectivity index (χ0v) is 10.3. The average Bonchev–Trinajstić information content (AvgIpc) is 2.39. The van der Waals surface area contributed by atoms with Gasteiger partial charge in [-0.3, -0.25) is 5.32 Å². The van der Waals surface area contributed by atoms with Gasteiger partial charge >= 0.3 is 12.1 Å². The number of amides is 1. The second-order valence-electron chi connectivity index (χ2n) is 3.32. The maximum Gasteiger partial charge on any atom is 0.411 e. The van der Waals surface area contributed by atoms with Gasteiger partial charge < -0.3 is 14.2 Å². The van der Waals surface area contributed by atoms with Crippen molar-refractivity contribution in [2.75, 3.05) is 32.8 Å². The van der Waals surface area contributed by atoms with Crippen LogP contribution in [0, 0.1) is 0 Å². The van der Waals surface area contributed by atoms with E-state index < -0.39 is 12.1 Å². The molecule has 0 aliphatic carbocycles. The van der Waals surface area contributed by atoms with Crippen LogP contribution in [0.15, 0.2) is 24.3 Å². The van der Waals surface area contributed by atoms with E-state index in [1.54, 1.807) is 24.3 Å². The first-order valence-corrected chi connectivity index (χ1v) is 5.28. The molecule has 1 aromatic rings. The van der Waals surface area contributed by atoms with Crippen LogP contribution < -0.4 is 5.32 Å². The molecule has 6 heteroatoms. The van der Waals surface area contributed by atoms with Gasteiger partial charge in [-0.25, -0.2) is 9.59 Å². The van der Waals surface area contributed by atoms with Gasteiger partial charge in [0.1, 0.15) is 6.61 Å². The van der Waals surface area contributed by atoms with E-state index in [1.165, 1.54) is 14.2 Å². The molecule has 0 heterocycles. The predicted molar refractivity (Wildman–Crippen MR) is 78.1 cm³/mol. The average molecular weight is 285 g/mol. The monoisotopic (exact) mass is 285 g/mol. The number of ether oxygens (including phenoxy) is 3. The van der Waals surface area contributed by atoms with Crippen LogP contribution >= 0.6 is 0 Å². The maximum atomic E-state index is 11.5. The quantitative estimate of drug-likeness (QED) is 0.665. The van der Waals surface area contributed by atoms with Crippen molar-refractivity contribution in [2.24, 2.45) is 0 Å². The van der Waals surface area contributed by atoms with Crippen LogP contribution in [0.4, 0.5) is 10.5 Å². The highest BCUT2D eigenvalue weighted by molar-refractivity contribution is 5.91. The first kappa shape index (κ1) is 20.2. The van der Waals surface area contributed by atoms with E-state index in [1.807, 2.05) is 0 Å². The van der Waals surface area contributed by atoms with Crippen LogP contribution in [-0.4, -0.2) is 39.5 Å². The van der Waals surface area contributed by atoms with Gasteiger partial charge in [0, 0.05) is 12.8 Å². The highest BCUT2D eigenvalue weighted by Gasteiger charge is 2.07. The zero-order valence-electron chi connectivity index (χ0n) is 10.3. The van der Waals surface area contributed by atoms with Crippen LogP contribution in [-0.2, 0) is 14.2 Å². The Morgan fingerprint density at radius 2 is 1.65 bits per heavy atom. The van der Waals surface area contributed by atoms with E-state index in [0.29, 0.717) is 17.9 Å². The molecule has 1 amide bonds. The topological polar surface area (TPSA) is 73.9 Å². The van der Waals surface area contributed by atoms with Gasteiger partial charge in [-0.2, -0.15) is 0 Å². The lowest BCUT2D eigenvalue weighted by Crippen LogP contribution is -2.12. The summed E-state index contributed by atoms with van der Waals surface area (Å²) in [4.78, 5) is 22.5. The lowest BCUT2D eigenvalue weighted by atomic mass is 10.2. The number of nitrogens with one attached hydrogen (secondary N) is 1. The first-order valence-electron chi connectivity index (χ1n) is 5.28. The molecule has 0 aliphatic rings. The first-order chi connectivity index (χ1) is 8.67. The molecule has 0 bridgehead atoms. The largest absolute Gasteiger partial charge is 0.460 e. The number of carbonyl (C=O) groups is 2. The van der Waals surface area contributed by atoms with Crippen molar-refractivity contribution in [2.45, 2.75) is 14.9 Å². The highest BCUT2D eigenvalue weighted by Crippen LogP contribution is 2.10. The third-order valence-corrected chi connectivity index (χ3v) is 2.07. The van der Waals surface area contributed by atoms with Gasteiger partial charge in [-0.15, -0.1) is 0 Å². The number of carbonyl (C=O) groups excluding carboxylic acids is 2. The SMILES string of the molecule is C.C.COCCOC(=O)c1ccc(NC(=O)OC)cc1. The molecule has 6 nitrogen and oxygen atoms in total. The molecule has 1 rings (SSSR count). The molecule has 0 aromatic heterocycles. The van der Waals surface area contributed by atoms with Crippen molar-refractivity contribution in [3.63, 3.8) is 0 Å². The Bertz CT molecular complexity index is 403. The van der Waals surface area contributed by atoms with Crippen LogP contribution in [0.2, 0.25) is 0 Å². The number of anilines is 1. The lowest BCUT2D eigenvalue weighted by molar-refractivity contribution is 0.0388. The predicted octanol–water partition coefficient (Wildman–Crippen LogP) is 2.94. The van der Waals surface area contributed by atoms with Crippen LogP contribution in [0.5, 0.6) is 0 Å². The number of benzene rings is 1. The van der Waals surface area contributed by atoms with Crippen molar-refractivity contribution in [3.05, 3.63) is 29.8 Å². The fourth-order valence-corrected chi connectivity index (χ4v) is 1.16. The molecule has 20 heavy (non-hydrogen) atoms. The Morgan fingerprint density at radius 3 is 2.15 bits per heavy atom. The minimum absolute atomic E-state index is 0. The molecule has 0 spiro atoms. The summed E-state index contributed by atoms with van der Waals surface area (Å²) in [7, 11) is 2.80. The second kappa shape index (κ2) is 10.8. The van der Waals surface area contributed by atoms with Crippen LogP contribution in [0.3, 0.4) is 0 Å². The summed E-state index contributed by atoms with van der Waals surface area (Å²) in [6.07, 6.45) is -0.564. The van der Waals surface area contributed by atoms with Gasteiger partial charge in [0.2, 0.25) is 0 Å². The fourth-order valence-electron chi connectivity index (χ4n) is 1.16. The zero-order chi connectivity index (χ0) is 13.4. The third kappa shape index (κ3) is 6.75. The summed E-state index contributed by atoms with van der Waals surface area (Å²) in [6.45, 7) is 0.561. The molecule has 114 valence electrons. The number of hydrogen-bond acceptors (Lipinski definition) is 5. The molecular weight excluding hydrogens is 262 g/mol. The van der Waals surface area contributed by atoms with Crippen molar-refractivity contribution >= 4 is 17.7 Å². The number of hydrogen-bond donors (Lipinski definition) is 1. The molecule has 1 aromatic carbocycles. The summed E-state index contributed by atoms with van der Waals surface area (Å²) in [6, 6.07) is 6.29. The Balaban J connectivity index is 0. The van der Waals surface area contributed by atoms with Crippen molar-refractivity contribution < 1.29 is 23.8 Å². The minimum Gasteiger partial charge on any atom is -0.460 e. The highest BCUT2D eigenvalue weighted by atomic mass is 16.6. The number of methoxy groups -OCH3 is 2. The summed E-state index contributed by atoms with van der Waals surface area (Å²) in [5.74, 6) is -0.434. The molecule has 0 saturated heterocycles. The lowest BCUT2D eigenvalue weighted by Gasteiger charge is -2.06. The molecular formula is C14H23NO5.